The van der Waals surface area contributed by atoms with Gasteiger partial charge in [0.15, 0.2) is 11.6 Å². The van der Waals surface area contributed by atoms with Gasteiger partial charge in [-0.3, -0.25) is 4.79 Å². The fourth-order valence-corrected chi connectivity index (χ4v) is 3.73. The molecule has 0 aliphatic heterocycles. The minimum Gasteiger partial charge on any atom is -0.322 e. The predicted octanol–water partition coefficient (Wildman–Crippen LogP) is 3.78. The molecule has 2 aromatic carbocycles. The number of halogens is 3. The van der Waals surface area contributed by atoms with E-state index in [-0.39, 0.29) is 16.6 Å². The highest BCUT2D eigenvalue weighted by Crippen LogP contribution is 2.22. The maximum atomic E-state index is 14.1. The number of hydrogen-bond acceptors (Lipinski definition) is 3. The molecule has 1 atom stereocenters. The molecular weight excluding hydrogens is 381 g/mol. The van der Waals surface area contributed by atoms with Gasteiger partial charge in [0, 0.05) is 24.8 Å². The Balaban J connectivity index is 2.36. The molecule has 0 aliphatic rings. The highest BCUT2D eigenvalue weighted by molar-refractivity contribution is 7.89. The van der Waals surface area contributed by atoms with Gasteiger partial charge in [0.05, 0.1) is 10.5 Å². The molecule has 0 heterocycles. The summed E-state index contributed by atoms with van der Waals surface area (Å²) in [6, 6.07) is 5.21. The standard InChI is InChI=1S/C18H19F3N2O3S/c1-4-11(2)23(3)27(25,26)13-6-8-15(19)14(10-13)18(24)22-12-5-7-16(20)17(21)9-12/h5-11H,4H2,1-3H3,(H,22,24)/t11-/m1/s1. The van der Waals surface area contributed by atoms with Crippen LogP contribution in [-0.2, 0) is 10.0 Å². The van der Waals surface area contributed by atoms with Gasteiger partial charge in [0.1, 0.15) is 5.82 Å². The second-order valence-electron chi connectivity index (χ2n) is 6.00. The average molecular weight is 400 g/mol. The van der Waals surface area contributed by atoms with Crippen LogP contribution in [0.2, 0.25) is 0 Å². The van der Waals surface area contributed by atoms with Crippen LogP contribution in [0.3, 0.4) is 0 Å². The van der Waals surface area contributed by atoms with E-state index in [0.29, 0.717) is 6.42 Å². The fourth-order valence-electron chi connectivity index (χ4n) is 2.27. The van der Waals surface area contributed by atoms with Crippen LogP contribution in [0.4, 0.5) is 18.9 Å². The molecule has 2 aromatic rings. The number of nitrogens with one attached hydrogen (secondary N) is 1. The molecule has 2 rings (SSSR count). The smallest absolute Gasteiger partial charge is 0.258 e. The topological polar surface area (TPSA) is 66.5 Å². The van der Waals surface area contributed by atoms with Crippen molar-refractivity contribution >= 4 is 21.6 Å². The van der Waals surface area contributed by atoms with Crippen molar-refractivity contribution < 1.29 is 26.4 Å². The lowest BCUT2D eigenvalue weighted by atomic mass is 10.2. The van der Waals surface area contributed by atoms with Gasteiger partial charge in [-0.2, -0.15) is 4.31 Å². The Kier molecular flexibility index (Phi) is 6.27. The molecule has 27 heavy (non-hydrogen) atoms. The Morgan fingerprint density at radius 3 is 2.30 bits per heavy atom. The van der Waals surface area contributed by atoms with Crippen LogP contribution in [0.1, 0.15) is 30.6 Å². The first kappa shape index (κ1) is 20.9. The summed E-state index contributed by atoms with van der Waals surface area (Å²) in [4.78, 5) is 12.0. The van der Waals surface area contributed by atoms with Crippen LogP contribution < -0.4 is 5.32 Å². The van der Waals surface area contributed by atoms with Gasteiger partial charge >= 0.3 is 0 Å². The second kappa shape index (κ2) is 8.10. The summed E-state index contributed by atoms with van der Waals surface area (Å²) >= 11 is 0. The number of anilines is 1. The molecule has 0 unspecified atom stereocenters. The number of carbonyl (C=O) groups excluding carboxylic acids is 1. The minimum absolute atomic E-state index is 0.0942. The van der Waals surface area contributed by atoms with E-state index in [4.69, 9.17) is 0 Å². The van der Waals surface area contributed by atoms with E-state index in [1.165, 1.54) is 7.05 Å². The maximum Gasteiger partial charge on any atom is 0.258 e. The maximum absolute atomic E-state index is 14.1. The Hall–Kier alpha value is -2.39. The number of hydrogen-bond donors (Lipinski definition) is 1. The Morgan fingerprint density at radius 2 is 1.70 bits per heavy atom. The number of amides is 1. The molecule has 9 heteroatoms. The lowest BCUT2D eigenvalue weighted by Crippen LogP contribution is -2.34. The third-order valence-corrected chi connectivity index (χ3v) is 6.22. The third kappa shape index (κ3) is 4.48. The number of nitrogens with zero attached hydrogens (tertiary/aromatic N) is 1. The highest BCUT2D eigenvalue weighted by atomic mass is 32.2. The molecule has 5 nitrogen and oxygen atoms in total. The summed E-state index contributed by atoms with van der Waals surface area (Å²) in [6.45, 7) is 3.54. The van der Waals surface area contributed by atoms with Gasteiger partial charge in [0.25, 0.3) is 5.91 Å². The van der Waals surface area contributed by atoms with Crippen LogP contribution in [0.5, 0.6) is 0 Å². The van der Waals surface area contributed by atoms with Crippen LogP contribution in [0.25, 0.3) is 0 Å². The third-order valence-electron chi connectivity index (χ3n) is 4.25. The van der Waals surface area contributed by atoms with Crippen molar-refractivity contribution in [2.75, 3.05) is 12.4 Å². The molecule has 1 amide bonds. The summed E-state index contributed by atoms with van der Waals surface area (Å²) in [5.74, 6) is -4.21. The monoisotopic (exact) mass is 400 g/mol. The van der Waals surface area contributed by atoms with E-state index >= 15 is 0 Å². The lowest BCUT2D eigenvalue weighted by molar-refractivity contribution is 0.102. The van der Waals surface area contributed by atoms with Crippen molar-refractivity contribution in [1.82, 2.24) is 4.31 Å². The largest absolute Gasteiger partial charge is 0.322 e. The molecule has 0 radical (unpaired) electrons. The van der Waals surface area contributed by atoms with Gasteiger partial charge < -0.3 is 5.32 Å². The molecule has 0 aromatic heterocycles. The van der Waals surface area contributed by atoms with Gasteiger partial charge in [-0.1, -0.05) is 6.92 Å². The van der Waals surface area contributed by atoms with E-state index in [2.05, 4.69) is 5.32 Å². The van der Waals surface area contributed by atoms with Crippen molar-refractivity contribution in [2.24, 2.45) is 0 Å². The highest BCUT2D eigenvalue weighted by Gasteiger charge is 2.26. The zero-order chi connectivity index (χ0) is 20.4. The number of sulfonamides is 1. The van der Waals surface area contributed by atoms with E-state index in [1.807, 2.05) is 6.92 Å². The Bertz CT molecular complexity index is 964. The lowest BCUT2D eigenvalue weighted by Gasteiger charge is -2.23. The normalized spacial score (nSPS) is 12.9. The number of carbonyl (C=O) groups is 1. The molecule has 1 N–H and O–H groups in total. The molecular formula is C18H19F3N2O3S. The van der Waals surface area contributed by atoms with Crippen LogP contribution in [0.15, 0.2) is 41.3 Å². The molecule has 0 bridgehead atoms. The van der Waals surface area contributed by atoms with Crippen molar-refractivity contribution in [3.05, 3.63) is 59.4 Å². The quantitative estimate of drug-likeness (QED) is 0.803. The Labute approximate surface area is 155 Å². The van der Waals surface area contributed by atoms with Crippen molar-refractivity contribution in [2.45, 2.75) is 31.2 Å². The fraction of sp³-hybridized carbons (Fsp3) is 0.278. The van der Waals surface area contributed by atoms with Crippen LogP contribution in [0, 0.1) is 17.5 Å². The molecule has 0 saturated heterocycles. The average Bonchev–Trinajstić information content (AvgIpc) is 2.63. The summed E-state index contributed by atoms with van der Waals surface area (Å²) in [5.41, 5.74) is -0.623. The van der Waals surface area contributed by atoms with Crippen molar-refractivity contribution in [1.29, 1.82) is 0 Å². The zero-order valence-electron chi connectivity index (χ0n) is 15.0. The number of benzene rings is 2. The van der Waals surface area contributed by atoms with E-state index in [9.17, 15) is 26.4 Å². The Morgan fingerprint density at radius 1 is 1.07 bits per heavy atom. The summed E-state index contributed by atoms with van der Waals surface area (Å²) in [7, 11) is -2.53. The van der Waals surface area contributed by atoms with Gasteiger partial charge in [-0.25, -0.2) is 21.6 Å². The molecule has 146 valence electrons. The number of rotatable bonds is 6. The summed E-state index contributed by atoms with van der Waals surface area (Å²) < 4.78 is 66.7. The first-order valence-corrected chi connectivity index (χ1v) is 9.56. The van der Waals surface area contributed by atoms with Crippen LogP contribution >= 0.6 is 0 Å². The first-order chi connectivity index (χ1) is 12.6. The summed E-state index contributed by atoms with van der Waals surface area (Å²) in [6.07, 6.45) is 0.570. The van der Waals surface area contributed by atoms with E-state index < -0.39 is 38.9 Å². The SMILES string of the molecule is CC[C@@H](C)N(C)S(=O)(=O)c1ccc(F)c(C(=O)Nc2ccc(F)c(F)c2)c1. The summed E-state index contributed by atoms with van der Waals surface area (Å²) in [5, 5.41) is 2.21. The minimum atomic E-state index is -3.93. The predicted molar refractivity (Wildman–Crippen MR) is 95.4 cm³/mol. The van der Waals surface area contributed by atoms with Gasteiger partial charge in [0.2, 0.25) is 10.0 Å². The second-order valence-corrected chi connectivity index (χ2v) is 8.00. The molecule has 0 spiro atoms. The van der Waals surface area contributed by atoms with Gasteiger partial charge in [-0.05, 0) is 43.7 Å². The van der Waals surface area contributed by atoms with Crippen molar-refractivity contribution in [3.8, 4) is 0 Å². The zero-order valence-corrected chi connectivity index (χ0v) is 15.8. The van der Waals surface area contributed by atoms with E-state index in [0.717, 1.165) is 40.7 Å². The molecule has 0 fully saturated rings. The first-order valence-electron chi connectivity index (χ1n) is 8.12. The molecule has 0 saturated carbocycles. The van der Waals surface area contributed by atoms with Gasteiger partial charge in [-0.15, -0.1) is 0 Å². The van der Waals surface area contributed by atoms with Crippen LogP contribution in [-0.4, -0.2) is 31.7 Å². The molecule has 0 aliphatic carbocycles. The van der Waals surface area contributed by atoms with E-state index in [1.54, 1.807) is 6.92 Å². The van der Waals surface area contributed by atoms with Crippen molar-refractivity contribution in [3.63, 3.8) is 0 Å².